The van der Waals surface area contributed by atoms with Gasteiger partial charge in [-0.15, -0.1) is 0 Å². The van der Waals surface area contributed by atoms with Gasteiger partial charge in [0.1, 0.15) is 5.75 Å². The fraction of sp³-hybridized carbons (Fsp3) is 0.600. The lowest BCUT2D eigenvalue weighted by molar-refractivity contribution is -0.00478. The Balaban J connectivity index is 2.56. The van der Waals surface area contributed by atoms with E-state index in [1.54, 1.807) is 7.11 Å². The molecule has 0 radical (unpaired) electrons. The molecule has 1 aromatic rings. The standard InChI is InChI=1S/C15H25NO3/c1-4-8-18-9-10-19-15(12(2)16)13-6-5-7-14(11-13)17-3/h5-7,11-12,15H,4,8-10,16H2,1-3H3. The second kappa shape index (κ2) is 8.91. The van der Waals surface area contributed by atoms with Crippen LogP contribution >= 0.6 is 0 Å². The molecule has 0 aromatic heterocycles. The van der Waals surface area contributed by atoms with E-state index in [0.29, 0.717) is 13.2 Å². The Morgan fingerprint density at radius 2 is 2.00 bits per heavy atom. The Bertz CT molecular complexity index is 355. The highest BCUT2D eigenvalue weighted by Crippen LogP contribution is 2.24. The van der Waals surface area contributed by atoms with Crippen LogP contribution < -0.4 is 10.5 Å². The summed E-state index contributed by atoms with van der Waals surface area (Å²) in [5.41, 5.74) is 7.03. The van der Waals surface area contributed by atoms with E-state index in [4.69, 9.17) is 19.9 Å². The van der Waals surface area contributed by atoms with E-state index >= 15 is 0 Å². The van der Waals surface area contributed by atoms with Crippen LogP contribution in [0.4, 0.5) is 0 Å². The van der Waals surface area contributed by atoms with Crippen LogP contribution in [0.1, 0.15) is 31.9 Å². The van der Waals surface area contributed by atoms with E-state index in [0.717, 1.165) is 24.3 Å². The molecule has 108 valence electrons. The topological polar surface area (TPSA) is 53.7 Å². The van der Waals surface area contributed by atoms with Gasteiger partial charge in [-0.1, -0.05) is 19.1 Å². The molecule has 0 fully saturated rings. The van der Waals surface area contributed by atoms with Gasteiger partial charge in [-0.3, -0.25) is 0 Å². The Morgan fingerprint density at radius 3 is 2.63 bits per heavy atom. The number of methoxy groups -OCH3 is 1. The van der Waals surface area contributed by atoms with Crippen LogP contribution in [0.5, 0.6) is 5.75 Å². The van der Waals surface area contributed by atoms with Crippen molar-refractivity contribution in [3.05, 3.63) is 29.8 Å². The SMILES string of the molecule is CCCOCCOC(c1cccc(OC)c1)C(C)N. The Labute approximate surface area is 115 Å². The second-order valence-corrected chi connectivity index (χ2v) is 4.54. The molecule has 2 unspecified atom stereocenters. The van der Waals surface area contributed by atoms with Crippen molar-refractivity contribution in [3.63, 3.8) is 0 Å². The molecule has 0 saturated carbocycles. The first-order valence-electron chi connectivity index (χ1n) is 6.78. The first kappa shape index (κ1) is 16.0. The van der Waals surface area contributed by atoms with Gasteiger partial charge < -0.3 is 19.9 Å². The average Bonchev–Trinajstić information content (AvgIpc) is 2.42. The van der Waals surface area contributed by atoms with Crippen molar-refractivity contribution in [1.29, 1.82) is 0 Å². The molecular formula is C15H25NO3. The largest absolute Gasteiger partial charge is 0.497 e. The maximum Gasteiger partial charge on any atom is 0.119 e. The van der Waals surface area contributed by atoms with Gasteiger partial charge in [0, 0.05) is 12.6 Å². The van der Waals surface area contributed by atoms with E-state index in [2.05, 4.69) is 6.92 Å². The summed E-state index contributed by atoms with van der Waals surface area (Å²) < 4.78 is 16.5. The zero-order valence-electron chi connectivity index (χ0n) is 12.1. The lowest BCUT2D eigenvalue weighted by atomic mass is 10.0. The minimum absolute atomic E-state index is 0.0849. The van der Waals surface area contributed by atoms with Crippen LogP contribution in [0.15, 0.2) is 24.3 Å². The molecule has 0 aliphatic rings. The van der Waals surface area contributed by atoms with Gasteiger partial charge >= 0.3 is 0 Å². The van der Waals surface area contributed by atoms with Crippen LogP contribution in [0, 0.1) is 0 Å². The first-order chi connectivity index (χ1) is 9.19. The smallest absolute Gasteiger partial charge is 0.119 e. The van der Waals surface area contributed by atoms with E-state index in [1.165, 1.54) is 0 Å². The molecule has 19 heavy (non-hydrogen) atoms. The van der Waals surface area contributed by atoms with E-state index in [1.807, 2.05) is 31.2 Å². The van der Waals surface area contributed by atoms with Crippen molar-refractivity contribution in [2.45, 2.75) is 32.4 Å². The minimum atomic E-state index is -0.139. The van der Waals surface area contributed by atoms with Crippen molar-refractivity contribution >= 4 is 0 Å². The van der Waals surface area contributed by atoms with Gasteiger partial charge in [0.25, 0.3) is 0 Å². The molecule has 1 aromatic carbocycles. The van der Waals surface area contributed by atoms with Crippen LogP contribution in [0.25, 0.3) is 0 Å². The summed E-state index contributed by atoms with van der Waals surface area (Å²) >= 11 is 0. The molecule has 0 amide bonds. The summed E-state index contributed by atoms with van der Waals surface area (Å²) in [6, 6.07) is 7.73. The van der Waals surface area contributed by atoms with Crippen LogP contribution in [-0.2, 0) is 9.47 Å². The number of hydrogen-bond acceptors (Lipinski definition) is 4. The maximum atomic E-state index is 5.99. The minimum Gasteiger partial charge on any atom is -0.497 e. The van der Waals surface area contributed by atoms with Gasteiger partial charge in [-0.05, 0) is 31.0 Å². The van der Waals surface area contributed by atoms with Crippen LogP contribution in [0.2, 0.25) is 0 Å². The van der Waals surface area contributed by atoms with Crippen LogP contribution in [-0.4, -0.2) is 33.0 Å². The summed E-state index contributed by atoms with van der Waals surface area (Å²) in [5, 5.41) is 0. The Morgan fingerprint density at radius 1 is 1.21 bits per heavy atom. The second-order valence-electron chi connectivity index (χ2n) is 4.54. The zero-order valence-corrected chi connectivity index (χ0v) is 12.1. The molecule has 0 bridgehead atoms. The summed E-state index contributed by atoms with van der Waals surface area (Å²) in [7, 11) is 1.65. The fourth-order valence-corrected chi connectivity index (χ4v) is 1.85. The molecule has 0 aliphatic carbocycles. The predicted molar refractivity (Wildman–Crippen MR) is 76.4 cm³/mol. The average molecular weight is 267 g/mol. The lowest BCUT2D eigenvalue weighted by Crippen LogP contribution is -2.28. The molecule has 0 saturated heterocycles. The fourth-order valence-electron chi connectivity index (χ4n) is 1.85. The first-order valence-corrected chi connectivity index (χ1v) is 6.78. The van der Waals surface area contributed by atoms with Crippen molar-refractivity contribution in [2.24, 2.45) is 5.73 Å². The number of ether oxygens (including phenoxy) is 3. The quantitative estimate of drug-likeness (QED) is 0.699. The van der Waals surface area contributed by atoms with E-state index in [-0.39, 0.29) is 12.1 Å². The van der Waals surface area contributed by atoms with Crippen molar-refractivity contribution in [3.8, 4) is 5.75 Å². The van der Waals surface area contributed by atoms with E-state index in [9.17, 15) is 0 Å². The predicted octanol–water partition coefficient (Wildman–Crippen LogP) is 2.53. The highest BCUT2D eigenvalue weighted by molar-refractivity contribution is 5.30. The Hall–Kier alpha value is -1.10. The monoisotopic (exact) mass is 267 g/mol. The van der Waals surface area contributed by atoms with Gasteiger partial charge in [0.15, 0.2) is 0 Å². The molecular weight excluding hydrogens is 242 g/mol. The summed E-state index contributed by atoms with van der Waals surface area (Å²) in [6.45, 7) is 5.94. The summed E-state index contributed by atoms with van der Waals surface area (Å²) in [4.78, 5) is 0. The Kier molecular flexibility index (Phi) is 7.48. The van der Waals surface area contributed by atoms with Crippen molar-refractivity contribution < 1.29 is 14.2 Å². The highest BCUT2D eigenvalue weighted by atomic mass is 16.5. The third kappa shape index (κ3) is 5.59. The molecule has 0 spiro atoms. The molecule has 1 rings (SSSR count). The highest BCUT2D eigenvalue weighted by Gasteiger charge is 2.17. The maximum absolute atomic E-state index is 5.99. The third-order valence-electron chi connectivity index (χ3n) is 2.77. The van der Waals surface area contributed by atoms with Crippen LogP contribution in [0.3, 0.4) is 0 Å². The molecule has 4 heteroatoms. The van der Waals surface area contributed by atoms with Gasteiger partial charge in [0.2, 0.25) is 0 Å². The third-order valence-corrected chi connectivity index (χ3v) is 2.77. The van der Waals surface area contributed by atoms with Gasteiger partial charge in [-0.2, -0.15) is 0 Å². The number of rotatable bonds is 9. The lowest BCUT2D eigenvalue weighted by Gasteiger charge is -2.22. The molecule has 2 atom stereocenters. The zero-order chi connectivity index (χ0) is 14.1. The van der Waals surface area contributed by atoms with Gasteiger partial charge in [-0.25, -0.2) is 0 Å². The van der Waals surface area contributed by atoms with Crippen molar-refractivity contribution in [1.82, 2.24) is 0 Å². The normalized spacial score (nSPS) is 14.1. The van der Waals surface area contributed by atoms with Gasteiger partial charge in [0.05, 0.1) is 26.4 Å². The molecule has 2 N–H and O–H groups in total. The molecule has 0 aliphatic heterocycles. The molecule has 0 heterocycles. The summed E-state index contributed by atoms with van der Waals surface area (Å²) in [5.74, 6) is 0.814. The number of nitrogens with two attached hydrogens (primary N) is 1. The number of benzene rings is 1. The molecule has 4 nitrogen and oxygen atoms in total. The van der Waals surface area contributed by atoms with E-state index < -0.39 is 0 Å². The van der Waals surface area contributed by atoms with Crippen molar-refractivity contribution in [2.75, 3.05) is 26.9 Å². The number of hydrogen-bond donors (Lipinski definition) is 1. The summed E-state index contributed by atoms with van der Waals surface area (Å²) in [6.07, 6.45) is 0.882.